The van der Waals surface area contributed by atoms with Gasteiger partial charge in [0.05, 0.1) is 12.5 Å². The van der Waals surface area contributed by atoms with Crippen LogP contribution in [-0.2, 0) is 14.3 Å². The molecule has 7 nitrogen and oxygen atoms in total. The largest absolute Gasteiger partial charge is 0.455 e. The fraction of sp³-hybridized carbons (Fsp3) is 0.154. The maximum Gasteiger partial charge on any atom is 0.308 e. The van der Waals surface area contributed by atoms with Crippen molar-refractivity contribution in [2.24, 2.45) is 0 Å². The van der Waals surface area contributed by atoms with Crippen molar-refractivity contribution in [3.05, 3.63) is 102 Å². The summed E-state index contributed by atoms with van der Waals surface area (Å²) in [5, 5.41) is 5.46. The Balaban J connectivity index is 1.57. The summed E-state index contributed by atoms with van der Waals surface area (Å²) < 4.78 is 5.12. The molecule has 2 N–H and O–H groups in total. The Hall–Kier alpha value is -4.26. The van der Waals surface area contributed by atoms with Gasteiger partial charge in [-0.05, 0) is 48.9 Å². The first kappa shape index (κ1) is 23.4. The zero-order chi connectivity index (χ0) is 23.6. The van der Waals surface area contributed by atoms with Crippen LogP contribution in [0.4, 0.5) is 5.69 Å². The molecule has 0 aliphatic rings. The van der Waals surface area contributed by atoms with E-state index >= 15 is 0 Å². The Morgan fingerprint density at radius 3 is 2.00 bits per heavy atom. The number of hydrogen-bond acceptors (Lipinski definition) is 5. The zero-order valence-corrected chi connectivity index (χ0v) is 18.1. The molecule has 168 valence electrons. The van der Waals surface area contributed by atoms with Crippen molar-refractivity contribution >= 4 is 29.3 Å². The normalized spacial score (nSPS) is 11.2. The van der Waals surface area contributed by atoms with Crippen LogP contribution in [0.2, 0.25) is 0 Å². The maximum atomic E-state index is 12.6. The van der Waals surface area contributed by atoms with E-state index in [1.54, 1.807) is 60.7 Å². The molecule has 3 rings (SSSR count). The molecule has 0 spiro atoms. The van der Waals surface area contributed by atoms with Gasteiger partial charge in [-0.1, -0.05) is 48.5 Å². The number of rotatable bonds is 9. The average Bonchev–Trinajstić information content (AvgIpc) is 2.83. The molecule has 0 aliphatic carbocycles. The number of esters is 1. The fourth-order valence-electron chi connectivity index (χ4n) is 3.13. The molecule has 0 unspecified atom stereocenters. The molecular weight excluding hydrogens is 420 g/mol. The van der Waals surface area contributed by atoms with E-state index in [4.69, 9.17) is 4.74 Å². The van der Waals surface area contributed by atoms with Crippen LogP contribution in [0.5, 0.6) is 0 Å². The second kappa shape index (κ2) is 11.4. The summed E-state index contributed by atoms with van der Waals surface area (Å²) in [5.41, 5.74) is 2.23. The highest BCUT2D eigenvalue weighted by Gasteiger charge is 2.20. The quantitative estimate of drug-likeness (QED) is 0.385. The zero-order valence-electron chi connectivity index (χ0n) is 18.1. The van der Waals surface area contributed by atoms with Crippen molar-refractivity contribution in [2.75, 3.05) is 11.9 Å². The van der Waals surface area contributed by atoms with Crippen LogP contribution in [0, 0.1) is 0 Å². The van der Waals surface area contributed by atoms with Crippen molar-refractivity contribution in [3.8, 4) is 0 Å². The lowest BCUT2D eigenvalue weighted by atomic mass is 10.0. The summed E-state index contributed by atoms with van der Waals surface area (Å²) in [6, 6.07) is 23.5. The van der Waals surface area contributed by atoms with Gasteiger partial charge in [0, 0.05) is 16.8 Å². The van der Waals surface area contributed by atoms with Crippen LogP contribution >= 0.6 is 0 Å². The van der Waals surface area contributed by atoms with Crippen LogP contribution in [-0.4, -0.2) is 30.2 Å². The Labute approximate surface area is 191 Å². The molecule has 3 aromatic rings. The third-order valence-corrected chi connectivity index (χ3v) is 4.85. The van der Waals surface area contributed by atoms with Gasteiger partial charge in [0.2, 0.25) is 0 Å². The monoisotopic (exact) mass is 444 g/mol. The smallest absolute Gasteiger partial charge is 0.308 e. The third kappa shape index (κ3) is 7.14. The average molecular weight is 444 g/mol. The number of amides is 2. The number of hydrogen-bond donors (Lipinski definition) is 2. The Morgan fingerprint density at radius 2 is 1.39 bits per heavy atom. The van der Waals surface area contributed by atoms with E-state index < -0.39 is 24.5 Å². The van der Waals surface area contributed by atoms with Gasteiger partial charge < -0.3 is 15.4 Å². The number of benzene rings is 3. The lowest BCUT2D eigenvalue weighted by molar-refractivity contribution is -0.147. The van der Waals surface area contributed by atoms with Crippen molar-refractivity contribution in [3.63, 3.8) is 0 Å². The molecule has 1 atom stereocenters. The molecule has 0 heterocycles. The Kier molecular flexibility index (Phi) is 8.07. The van der Waals surface area contributed by atoms with E-state index in [0.29, 0.717) is 16.8 Å². The minimum Gasteiger partial charge on any atom is -0.455 e. The van der Waals surface area contributed by atoms with Gasteiger partial charge in [-0.3, -0.25) is 19.2 Å². The second-order valence-electron chi connectivity index (χ2n) is 7.35. The van der Waals surface area contributed by atoms with Gasteiger partial charge in [0.15, 0.2) is 12.4 Å². The molecule has 0 aromatic heterocycles. The number of ether oxygens (including phenoxy) is 1. The lowest BCUT2D eigenvalue weighted by Crippen LogP contribution is -2.31. The predicted octanol–water partition coefficient (Wildman–Crippen LogP) is 3.93. The van der Waals surface area contributed by atoms with Crippen LogP contribution in [0.1, 0.15) is 45.7 Å². The molecule has 0 aliphatic heterocycles. The number of anilines is 1. The number of nitrogens with one attached hydrogen (secondary N) is 2. The molecule has 7 heteroatoms. The van der Waals surface area contributed by atoms with Crippen LogP contribution in [0.15, 0.2) is 84.9 Å². The van der Waals surface area contributed by atoms with E-state index in [1.165, 1.54) is 6.92 Å². The molecule has 33 heavy (non-hydrogen) atoms. The first-order chi connectivity index (χ1) is 15.9. The summed E-state index contributed by atoms with van der Waals surface area (Å²) in [7, 11) is 0. The highest BCUT2D eigenvalue weighted by molar-refractivity contribution is 5.96. The van der Waals surface area contributed by atoms with Crippen LogP contribution < -0.4 is 10.6 Å². The minimum absolute atomic E-state index is 0.0749. The van der Waals surface area contributed by atoms with E-state index in [1.807, 2.05) is 24.3 Å². The molecule has 3 aromatic carbocycles. The van der Waals surface area contributed by atoms with Crippen molar-refractivity contribution in [2.45, 2.75) is 19.4 Å². The molecule has 0 radical (unpaired) electrons. The molecule has 0 bridgehead atoms. The first-order valence-corrected chi connectivity index (χ1v) is 10.4. The molecular formula is C26H24N2O5. The van der Waals surface area contributed by atoms with Crippen molar-refractivity contribution < 1.29 is 23.9 Å². The lowest BCUT2D eigenvalue weighted by Gasteiger charge is -2.19. The fourth-order valence-corrected chi connectivity index (χ4v) is 3.13. The van der Waals surface area contributed by atoms with Crippen molar-refractivity contribution in [1.29, 1.82) is 0 Å². The van der Waals surface area contributed by atoms with Gasteiger partial charge in [-0.2, -0.15) is 0 Å². The minimum atomic E-state index is -0.626. The Bertz CT molecular complexity index is 1110. The van der Waals surface area contributed by atoms with E-state index in [-0.39, 0.29) is 18.1 Å². The highest BCUT2D eigenvalue weighted by Crippen LogP contribution is 2.18. The van der Waals surface area contributed by atoms with Gasteiger partial charge in [-0.15, -0.1) is 0 Å². The molecule has 0 fully saturated rings. The number of Topliss-reactive ketones (excluding diaryl/α,β-unsaturated/α-hetero) is 1. The van der Waals surface area contributed by atoms with E-state index in [0.717, 1.165) is 5.56 Å². The maximum absolute atomic E-state index is 12.6. The highest BCUT2D eigenvalue weighted by atomic mass is 16.5. The summed E-state index contributed by atoms with van der Waals surface area (Å²) >= 11 is 0. The topological polar surface area (TPSA) is 102 Å². The summed E-state index contributed by atoms with van der Waals surface area (Å²) in [4.78, 5) is 48.5. The molecule has 0 saturated carbocycles. The summed E-state index contributed by atoms with van der Waals surface area (Å²) in [5.74, 6) is -1.53. The van der Waals surface area contributed by atoms with Gasteiger partial charge in [0.25, 0.3) is 11.8 Å². The molecule has 2 amide bonds. The standard InChI is InChI=1S/C26H24N2O5/c1-18(29)19-12-14-22(15-13-19)27-24(30)17-33-25(31)16-23(20-8-4-2-5-9-20)28-26(32)21-10-6-3-7-11-21/h2-15,23H,16-17H2,1H3,(H,27,30)(H,28,32)/t23-/m0/s1. The van der Waals surface area contributed by atoms with Gasteiger partial charge >= 0.3 is 5.97 Å². The van der Waals surface area contributed by atoms with Gasteiger partial charge in [0.1, 0.15) is 0 Å². The number of carbonyl (C=O) groups excluding carboxylic acids is 4. The predicted molar refractivity (Wildman–Crippen MR) is 124 cm³/mol. The van der Waals surface area contributed by atoms with E-state index in [9.17, 15) is 19.2 Å². The Morgan fingerprint density at radius 1 is 0.788 bits per heavy atom. The van der Waals surface area contributed by atoms with Crippen LogP contribution in [0.3, 0.4) is 0 Å². The molecule has 0 saturated heterocycles. The number of carbonyl (C=O) groups is 4. The van der Waals surface area contributed by atoms with E-state index in [2.05, 4.69) is 10.6 Å². The summed E-state index contributed by atoms with van der Waals surface area (Å²) in [6.45, 7) is 0.986. The van der Waals surface area contributed by atoms with Crippen molar-refractivity contribution in [1.82, 2.24) is 5.32 Å². The third-order valence-electron chi connectivity index (χ3n) is 4.85. The first-order valence-electron chi connectivity index (χ1n) is 10.4. The second-order valence-corrected chi connectivity index (χ2v) is 7.35. The van der Waals surface area contributed by atoms with Crippen LogP contribution in [0.25, 0.3) is 0 Å². The number of ketones is 1. The van der Waals surface area contributed by atoms with Gasteiger partial charge in [-0.25, -0.2) is 0 Å². The summed E-state index contributed by atoms with van der Waals surface area (Å²) in [6.07, 6.45) is -0.136. The SMILES string of the molecule is CC(=O)c1ccc(NC(=O)COC(=O)C[C@H](NC(=O)c2ccccc2)c2ccccc2)cc1.